The molecule has 0 bridgehead atoms. The fourth-order valence-electron chi connectivity index (χ4n) is 4.92. The molecule has 30 heavy (non-hydrogen) atoms. The van der Waals surface area contributed by atoms with Crippen molar-refractivity contribution in [3.63, 3.8) is 0 Å². The number of halogens is 2. The van der Waals surface area contributed by atoms with Crippen molar-refractivity contribution < 1.29 is 9.90 Å². The summed E-state index contributed by atoms with van der Waals surface area (Å²) in [6, 6.07) is 7.77. The van der Waals surface area contributed by atoms with Gasteiger partial charge in [-0.25, -0.2) is 4.79 Å². The second-order valence-electron chi connectivity index (χ2n) is 9.06. The van der Waals surface area contributed by atoms with E-state index in [1.54, 1.807) is 0 Å². The highest BCUT2D eigenvalue weighted by Gasteiger charge is 2.59. The number of hydrogen-bond acceptors (Lipinski definition) is 4. The Balaban J connectivity index is 1.89. The van der Waals surface area contributed by atoms with Gasteiger partial charge in [0.1, 0.15) is 4.91 Å². The molecule has 0 aromatic heterocycles. The summed E-state index contributed by atoms with van der Waals surface area (Å²) in [7, 11) is 0. The minimum absolute atomic E-state index is 0.0574. The van der Waals surface area contributed by atoms with Crippen LogP contribution in [0.15, 0.2) is 51.0 Å². The number of rotatable bonds is 4. The first-order valence-corrected chi connectivity index (χ1v) is 11.8. The van der Waals surface area contributed by atoms with Crippen LogP contribution < -0.4 is 0 Å². The van der Waals surface area contributed by atoms with Crippen molar-refractivity contribution in [2.45, 2.75) is 58.5 Å². The zero-order chi connectivity index (χ0) is 21.8. The van der Waals surface area contributed by atoms with Gasteiger partial charge in [0.25, 0.3) is 0 Å². The largest absolute Gasteiger partial charge is 0.477 e. The average molecular weight is 465 g/mol. The molecule has 3 unspecified atom stereocenters. The Morgan fingerprint density at radius 3 is 2.47 bits per heavy atom. The molecule has 3 aliphatic rings. The first-order valence-electron chi connectivity index (χ1n) is 10.2. The van der Waals surface area contributed by atoms with E-state index in [0.29, 0.717) is 9.93 Å². The number of carboxylic acids is 1. The number of amidine groups is 1. The molecule has 7 heteroatoms. The number of nitrogens with zero attached hydrogens (tertiary/aromatic N) is 2. The lowest BCUT2D eigenvalue weighted by molar-refractivity contribution is -0.131. The first-order chi connectivity index (χ1) is 14.1. The van der Waals surface area contributed by atoms with Crippen LogP contribution in [-0.2, 0) is 4.79 Å². The van der Waals surface area contributed by atoms with Gasteiger partial charge in [0.15, 0.2) is 5.17 Å². The van der Waals surface area contributed by atoms with Crippen molar-refractivity contribution in [3.8, 4) is 0 Å². The van der Waals surface area contributed by atoms with Gasteiger partial charge in [0.2, 0.25) is 0 Å². The summed E-state index contributed by atoms with van der Waals surface area (Å²) < 4.78 is 0. The van der Waals surface area contributed by atoms with Gasteiger partial charge in [0.05, 0.1) is 11.6 Å². The van der Waals surface area contributed by atoms with Gasteiger partial charge in [-0.15, -0.1) is 0 Å². The number of carbonyl (C=O) groups is 1. The van der Waals surface area contributed by atoms with Crippen LogP contribution in [-0.4, -0.2) is 26.7 Å². The Morgan fingerprint density at radius 1 is 1.27 bits per heavy atom. The quantitative estimate of drug-likeness (QED) is 0.530. The molecule has 4 rings (SSSR count). The number of thioether (sulfide) groups is 1. The molecule has 1 aromatic carbocycles. The number of carboxylic acid groups (broad SMARTS) is 1. The van der Waals surface area contributed by atoms with Gasteiger partial charge in [0, 0.05) is 15.8 Å². The second-order valence-corrected chi connectivity index (χ2v) is 11.0. The van der Waals surface area contributed by atoms with E-state index < -0.39 is 11.5 Å². The number of allylic oxidation sites excluding steroid dienone is 3. The highest BCUT2D eigenvalue weighted by Crippen LogP contribution is 2.60. The predicted molar refractivity (Wildman–Crippen MR) is 125 cm³/mol. The van der Waals surface area contributed by atoms with E-state index in [1.165, 1.54) is 11.8 Å². The van der Waals surface area contributed by atoms with Crippen LogP contribution in [0.1, 0.15) is 58.6 Å². The molecule has 0 spiro atoms. The number of hydrogen-bond donors (Lipinski definition) is 1. The SMILES string of the molecule is CC(C)C1=C(C(=O)O)SC2=NC(C)(C3(C)CC=C(Cl)CC3)C(c3ccc(Cl)cc3)N21. The zero-order valence-corrected chi connectivity index (χ0v) is 19.9. The van der Waals surface area contributed by atoms with Gasteiger partial charge in [-0.1, -0.05) is 62.2 Å². The minimum Gasteiger partial charge on any atom is -0.477 e. The molecule has 1 aliphatic carbocycles. The summed E-state index contributed by atoms with van der Waals surface area (Å²) in [5.74, 6) is -0.835. The molecule has 160 valence electrons. The molecule has 2 aliphatic heterocycles. The Hall–Kier alpha value is -1.43. The van der Waals surface area contributed by atoms with E-state index in [2.05, 4.69) is 24.8 Å². The van der Waals surface area contributed by atoms with Crippen molar-refractivity contribution in [1.82, 2.24) is 4.90 Å². The maximum atomic E-state index is 12.0. The topological polar surface area (TPSA) is 52.9 Å². The van der Waals surface area contributed by atoms with Crippen molar-refractivity contribution in [1.29, 1.82) is 0 Å². The second kappa shape index (κ2) is 7.61. The van der Waals surface area contributed by atoms with E-state index in [4.69, 9.17) is 28.2 Å². The molecule has 2 heterocycles. The lowest BCUT2D eigenvalue weighted by atomic mass is 9.61. The predicted octanol–water partition coefficient (Wildman–Crippen LogP) is 6.82. The summed E-state index contributed by atoms with van der Waals surface area (Å²) in [6.07, 6.45) is 4.74. The van der Waals surface area contributed by atoms with Gasteiger partial charge in [-0.2, -0.15) is 0 Å². The van der Waals surface area contributed by atoms with E-state index in [-0.39, 0.29) is 17.4 Å². The van der Waals surface area contributed by atoms with Gasteiger partial charge >= 0.3 is 5.97 Å². The lowest BCUT2D eigenvalue weighted by Crippen LogP contribution is -2.49. The van der Waals surface area contributed by atoms with Crippen molar-refractivity contribution in [2.75, 3.05) is 0 Å². The number of aliphatic imine (C=N–C) groups is 1. The Kier molecular flexibility index (Phi) is 5.53. The van der Waals surface area contributed by atoms with Crippen molar-refractivity contribution in [3.05, 3.63) is 56.6 Å². The first kappa shape index (κ1) is 21.8. The van der Waals surface area contributed by atoms with Gasteiger partial charge in [-0.3, -0.25) is 4.99 Å². The summed E-state index contributed by atoms with van der Waals surface area (Å²) in [5.41, 5.74) is 1.37. The molecule has 0 radical (unpaired) electrons. The molecular weight excluding hydrogens is 439 g/mol. The van der Waals surface area contributed by atoms with Crippen LogP contribution in [0.25, 0.3) is 0 Å². The molecule has 0 saturated heterocycles. The van der Waals surface area contributed by atoms with Crippen molar-refractivity contribution >= 4 is 46.1 Å². The summed E-state index contributed by atoms with van der Waals surface area (Å²) in [6.45, 7) is 8.58. The standard InChI is InChI=1S/C23H26Cl2N2O2S/c1-13(2)17-18(20(28)29)30-21-26-23(4,22(3)11-9-16(25)10-12-22)19(27(17)21)14-5-7-15(24)8-6-14/h5-9,13,19H,10-12H2,1-4H3,(H,28,29). The third-order valence-corrected chi connectivity index (χ3v) is 8.50. The normalized spacial score (nSPS) is 31.2. The maximum absolute atomic E-state index is 12.0. The number of fused-ring (bicyclic) bond motifs is 1. The molecule has 0 amide bonds. The van der Waals surface area contributed by atoms with Gasteiger partial charge in [-0.05, 0) is 67.0 Å². The highest BCUT2D eigenvalue weighted by molar-refractivity contribution is 8.18. The molecule has 1 aromatic rings. The number of benzene rings is 1. The molecular formula is C23H26Cl2N2O2S. The number of aliphatic carboxylic acids is 1. The average Bonchev–Trinajstić information content (AvgIpc) is 3.18. The van der Waals surface area contributed by atoms with E-state index in [0.717, 1.165) is 40.7 Å². The van der Waals surface area contributed by atoms with Crippen LogP contribution in [0.4, 0.5) is 0 Å². The van der Waals surface area contributed by atoms with Gasteiger partial charge < -0.3 is 10.0 Å². The third-order valence-electron chi connectivity index (χ3n) is 6.85. The Labute approximate surface area is 192 Å². The van der Waals surface area contributed by atoms with Crippen LogP contribution >= 0.6 is 35.0 Å². The molecule has 0 saturated carbocycles. The smallest absolute Gasteiger partial charge is 0.344 e. The maximum Gasteiger partial charge on any atom is 0.344 e. The zero-order valence-electron chi connectivity index (χ0n) is 17.6. The highest BCUT2D eigenvalue weighted by atomic mass is 35.5. The van der Waals surface area contributed by atoms with Crippen molar-refractivity contribution in [2.24, 2.45) is 16.3 Å². The van der Waals surface area contributed by atoms with Crippen LogP contribution in [0.2, 0.25) is 5.02 Å². The fraction of sp³-hybridized carbons (Fsp3) is 0.478. The van der Waals surface area contributed by atoms with Crippen LogP contribution in [0.3, 0.4) is 0 Å². The van der Waals surface area contributed by atoms with E-state index in [9.17, 15) is 9.90 Å². The molecule has 3 atom stereocenters. The third kappa shape index (κ3) is 3.30. The van der Waals surface area contributed by atoms with Crippen LogP contribution in [0.5, 0.6) is 0 Å². The fourth-order valence-corrected chi connectivity index (χ4v) is 6.46. The van der Waals surface area contributed by atoms with E-state index in [1.807, 2.05) is 38.1 Å². The summed E-state index contributed by atoms with van der Waals surface area (Å²) in [4.78, 5) is 19.8. The van der Waals surface area contributed by atoms with Crippen LogP contribution in [0, 0.1) is 11.3 Å². The summed E-state index contributed by atoms with van der Waals surface area (Å²) in [5, 5.41) is 12.2. The molecule has 4 nitrogen and oxygen atoms in total. The summed E-state index contributed by atoms with van der Waals surface area (Å²) >= 11 is 13.8. The Bertz CT molecular complexity index is 985. The molecule has 0 fully saturated rings. The monoisotopic (exact) mass is 464 g/mol. The Morgan fingerprint density at radius 2 is 1.93 bits per heavy atom. The van der Waals surface area contributed by atoms with E-state index >= 15 is 0 Å². The lowest BCUT2D eigenvalue weighted by Gasteiger charge is -2.49. The minimum atomic E-state index is -0.893. The molecule has 1 N–H and O–H groups in total.